The Morgan fingerprint density at radius 2 is 1.80 bits per heavy atom. The summed E-state index contributed by atoms with van der Waals surface area (Å²) in [6, 6.07) is -1.15. The van der Waals surface area contributed by atoms with Crippen LogP contribution in [0.1, 0.15) is 20.8 Å². The molecule has 1 rings (SSSR count). The molecule has 0 radical (unpaired) electrons. The molecule has 3 amide bonds. The van der Waals surface area contributed by atoms with Gasteiger partial charge in [-0.15, -0.1) is 11.8 Å². The maximum absolute atomic E-state index is 11.9. The van der Waals surface area contributed by atoms with Gasteiger partial charge >= 0.3 is 0 Å². The van der Waals surface area contributed by atoms with Crippen LogP contribution in [0.3, 0.4) is 0 Å². The summed E-state index contributed by atoms with van der Waals surface area (Å²) in [5.41, 5.74) is 0. The lowest BCUT2D eigenvalue weighted by Crippen LogP contribution is -2.57. The molecule has 1 aliphatic heterocycles. The predicted octanol–water partition coefficient (Wildman–Crippen LogP) is -1.21. The maximum Gasteiger partial charge on any atom is 0.244 e. The van der Waals surface area contributed by atoms with Crippen molar-refractivity contribution in [1.29, 1.82) is 0 Å². The average Bonchev–Trinajstić information content (AvgIpc) is 2.69. The zero-order chi connectivity index (χ0) is 15.5. The van der Waals surface area contributed by atoms with E-state index in [-0.39, 0.29) is 27.8 Å². The van der Waals surface area contributed by atoms with Crippen molar-refractivity contribution in [3.8, 4) is 0 Å². The van der Waals surface area contributed by atoms with E-state index in [2.05, 4.69) is 21.3 Å². The lowest BCUT2D eigenvalue weighted by Gasteiger charge is -2.23. The molecule has 0 bridgehead atoms. The van der Waals surface area contributed by atoms with Gasteiger partial charge in [-0.2, -0.15) is 0 Å². The molecule has 20 heavy (non-hydrogen) atoms. The molecule has 0 aromatic carbocycles. The van der Waals surface area contributed by atoms with Crippen LogP contribution in [-0.2, 0) is 14.4 Å². The van der Waals surface area contributed by atoms with Crippen LogP contribution in [0, 0.1) is 0 Å². The molecule has 1 fully saturated rings. The average molecular weight is 302 g/mol. The molecule has 114 valence electrons. The summed E-state index contributed by atoms with van der Waals surface area (Å²) in [6.07, 6.45) is 0. The first-order chi connectivity index (χ1) is 9.22. The van der Waals surface area contributed by atoms with Crippen molar-refractivity contribution < 1.29 is 14.4 Å². The highest BCUT2D eigenvalue weighted by molar-refractivity contribution is 8.01. The Balaban J connectivity index is 2.92. The van der Waals surface area contributed by atoms with Gasteiger partial charge < -0.3 is 16.0 Å². The smallest absolute Gasteiger partial charge is 0.244 e. The van der Waals surface area contributed by atoms with E-state index in [1.165, 1.54) is 25.7 Å². The van der Waals surface area contributed by atoms with Crippen molar-refractivity contribution in [2.75, 3.05) is 14.1 Å². The second-order valence-electron chi connectivity index (χ2n) is 5.15. The predicted molar refractivity (Wildman–Crippen MR) is 78.1 cm³/mol. The fraction of sp³-hybridized carbons (Fsp3) is 0.750. The number of rotatable bonds is 4. The zero-order valence-electron chi connectivity index (χ0n) is 12.4. The summed E-state index contributed by atoms with van der Waals surface area (Å²) < 4.78 is -0.379. The summed E-state index contributed by atoms with van der Waals surface area (Å²) in [4.78, 5) is 35.1. The first-order valence-electron chi connectivity index (χ1n) is 6.37. The topological polar surface area (TPSA) is 99.3 Å². The van der Waals surface area contributed by atoms with E-state index >= 15 is 0 Å². The van der Waals surface area contributed by atoms with E-state index in [0.717, 1.165) is 0 Å². The standard InChI is InChI=1S/C12H22N4O3S/c1-6(17)15-7(9(18)13-4)11-16-8(10(19)14-5)12(2,3)20-11/h7-8,11,16H,1-5H3,(H,13,18)(H,14,19)(H,15,17). The van der Waals surface area contributed by atoms with Crippen LogP contribution in [0.5, 0.6) is 0 Å². The molecule has 3 atom stereocenters. The van der Waals surface area contributed by atoms with Crippen molar-refractivity contribution in [2.24, 2.45) is 0 Å². The highest BCUT2D eigenvalue weighted by Crippen LogP contribution is 2.39. The van der Waals surface area contributed by atoms with E-state index in [9.17, 15) is 14.4 Å². The number of likely N-dealkylation sites (N-methyl/N-ethyl adjacent to an activating group) is 2. The first kappa shape index (κ1) is 16.8. The normalized spacial score (nSPS) is 25.6. The Labute approximate surface area is 123 Å². The Hall–Kier alpha value is -1.28. The minimum atomic E-state index is -0.726. The molecule has 7 nitrogen and oxygen atoms in total. The van der Waals surface area contributed by atoms with Crippen LogP contribution in [0.4, 0.5) is 0 Å². The molecule has 1 aliphatic rings. The second kappa shape index (κ2) is 6.45. The molecule has 0 aromatic rings. The molecular weight excluding hydrogens is 280 g/mol. The van der Waals surface area contributed by atoms with Crippen LogP contribution in [0.15, 0.2) is 0 Å². The Morgan fingerprint density at radius 3 is 2.25 bits per heavy atom. The fourth-order valence-electron chi connectivity index (χ4n) is 2.15. The number of hydrogen-bond donors (Lipinski definition) is 4. The van der Waals surface area contributed by atoms with Gasteiger partial charge in [0.05, 0.1) is 5.37 Å². The van der Waals surface area contributed by atoms with Gasteiger partial charge in [0.2, 0.25) is 17.7 Å². The van der Waals surface area contributed by atoms with E-state index in [0.29, 0.717) is 0 Å². The number of amides is 3. The summed E-state index contributed by atoms with van der Waals surface area (Å²) in [7, 11) is 3.08. The van der Waals surface area contributed by atoms with Gasteiger partial charge in [0.15, 0.2) is 0 Å². The molecule has 0 saturated carbocycles. The molecule has 4 N–H and O–H groups in total. The minimum Gasteiger partial charge on any atom is -0.358 e. The number of thioether (sulfide) groups is 1. The van der Waals surface area contributed by atoms with Gasteiger partial charge in [0.25, 0.3) is 0 Å². The SMILES string of the molecule is CNC(=O)C(NC(C)=O)C1NC(C(=O)NC)C(C)(C)S1. The lowest BCUT2D eigenvalue weighted by atomic mass is 10.0. The monoisotopic (exact) mass is 302 g/mol. The molecule has 0 spiro atoms. The van der Waals surface area contributed by atoms with E-state index in [4.69, 9.17) is 0 Å². The van der Waals surface area contributed by atoms with E-state index < -0.39 is 12.1 Å². The Morgan fingerprint density at radius 1 is 1.20 bits per heavy atom. The number of nitrogens with one attached hydrogen (secondary N) is 4. The summed E-state index contributed by atoms with van der Waals surface area (Å²) in [5, 5.41) is 10.5. The van der Waals surface area contributed by atoms with Gasteiger partial charge in [-0.1, -0.05) is 0 Å². The molecule has 8 heteroatoms. The Kier molecular flexibility index (Phi) is 5.41. The highest BCUT2D eigenvalue weighted by atomic mass is 32.2. The van der Waals surface area contributed by atoms with Crippen molar-refractivity contribution in [1.82, 2.24) is 21.3 Å². The third-order valence-electron chi connectivity index (χ3n) is 3.16. The molecular formula is C12H22N4O3S. The maximum atomic E-state index is 11.9. The molecule has 0 aliphatic carbocycles. The number of carbonyl (C=O) groups excluding carboxylic acids is 3. The lowest BCUT2D eigenvalue weighted by molar-refractivity contribution is -0.128. The van der Waals surface area contributed by atoms with Crippen LogP contribution in [-0.4, -0.2) is 54.0 Å². The van der Waals surface area contributed by atoms with E-state index in [1.807, 2.05) is 13.8 Å². The zero-order valence-corrected chi connectivity index (χ0v) is 13.2. The van der Waals surface area contributed by atoms with Crippen molar-refractivity contribution in [2.45, 2.75) is 43.0 Å². The molecule has 1 heterocycles. The third-order valence-corrected chi connectivity index (χ3v) is 4.66. The summed E-state index contributed by atoms with van der Waals surface area (Å²) in [6.45, 7) is 5.22. The largest absolute Gasteiger partial charge is 0.358 e. The summed E-state index contributed by atoms with van der Waals surface area (Å²) >= 11 is 1.47. The summed E-state index contributed by atoms with van der Waals surface area (Å²) in [5.74, 6) is -0.718. The fourth-order valence-corrected chi connectivity index (χ4v) is 3.64. The molecule has 0 aromatic heterocycles. The molecule has 1 saturated heterocycles. The van der Waals surface area contributed by atoms with Gasteiger partial charge in [-0.25, -0.2) is 0 Å². The van der Waals surface area contributed by atoms with Crippen molar-refractivity contribution >= 4 is 29.5 Å². The Bertz CT molecular complexity index is 414. The van der Waals surface area contributed by atoms with Crippen LogP contribution < -0.4 is 21.3 Å². The van der Waals surface area contributed by atoms with Crippen LogP contribution in [0.25, 0.3) is 0 Å². The number of carbonyl (C=O) groups is 3. The minimum absolute atomic E-state index is 0.136. The highest BCUT2D eigenvalue weighted by Gasteiger charge is 2.48. The van der Waals surface area contributed by atoms with Crippen LogP contribution >= 0.6 is 11.8 Å². The van der Waals surface area contributed by atoms with Crippen molar-refractivity contribution in [3.63, 3.8) is 0 Å². The molecule has 3 unspecified atom stereocenters. The van der Waals surface area contributed by atoms with E-state index in [1.54, 1.807) is 7.05 Å². The van der Waals surface area contributed by atoms with Crippen LogP contribution in [0.2, 0.25) is 0 Å². The second-order valence-corrected chi connectivity index (χ2v) is 6.94. The third kappa shape index (κ3) is 3.63. The van der Waals surface area contributed by atoms with Gasteiger partial charge in [0, 0.05) is 25.8 Å². The first-order valence-corrected chi connectivity index (χ1v) is 7.25. The number of hydrogen-bond acceptors (Lipinski definition) is 5. The van der Waals surface area contributed by atoms with Gasteiger partial charge in [-0.3, -0.25) is 19.7 Å². The quantitative estimate of drug-likeness (QED) is 0.522. The van der Waals surface area contributed by atoms with Gasteiger partial charge in [-0.05, 0) is 13.8 Å². The van der Waals surface area contributed by atoms with Crippen molar-refractivity contribution in [3.05, 3.63) is 0 Å². The van der Waals surface area contributed by atoms with Gasteiger partial charge in [0.1, 0.15) is 12.1 Å².